The molecule has 464 valence electrons. The van der Waals surface area contributed by atoms with Crippen molar-refractivity contribution in [2.75, 3.05) is 26.2 Å². The van der Waals surface area contributed by atoms with E-state index in [2.05, 4.69) is 84.0 Å². The normalized spacial score (nSPS) is 11.6. The molecule has 0 atom stereocenters. The summed E-state index contributed by atoms with van der Waals surface area (Å²) >= 11 is 0. The maximum absolute atomic E-state index is 12.9. The Morgan fingerprint density at radius 2 is 0.646 bits per heavy atom. The molecular weight excluding hydrogens is 998 g/mol. The molecule has 0 aromatic heterocycles. The fourth-order valence-electron chi connectivity index (χ4n) is 13.4. The first-order chi connectivity index (χ1) is 39.9. The van der Waals surface area contributed by atoms with Crippen molar-refractivity contribution in [2.45, 2.75) is 333 Å². The first-order valence-electron chi connectivity index (χ1n) is 35.4. The molecule has 5 heteroatoms. The number of fused-ring (bicyclic) bond motifs is 1. The van der Waals surface area contributed by atoms with Gasteiger partial charge in [0.1, 0.15) is 11.5 Å². The Kier molecular flexibility index (Phi) is 40.9. The molecule has 0 N–H and O–H groups in total. The van der Waals surface area contributed by atoms with Crippen LogP contribution in [0.4, 0.5) is 0 Å². The molecule has 4 rings (SSSR count). The average Bonchev–Trinajstić information content (AvgIpc) is 3.66. The molecule has 0 aliphatic heterocycles. The minimum absolute atomic E-state index is 0.588. The largest absolute Gasteiger partial charge is 0.808 e. The van der Waals surface area contributed by atoms with Gasteiger partial charge in [-0.25, -0.2) is 0 Å². The van der Waals surface area contributed by atoms with Crippen LogP contribution in [0.3, 0.4) is 0 Å². The first-order valence-corrected chi connectivity index (χ1v) is 35.4. The highest BCUT2D eigenvalue weighted by atomic mass is 16.7. The van der Waals surface area contributed by atoms with E-state index >= 15 is 0 Å². The SMILES string of the molecule is CCCCCCCCCCCC[N+](CCCCCCCCCCCC)(CCCCCCCCCCCC)CCCCCCCCCCCC.Cc1cc(C)c(OB([O-])Oc2c(C)cc(C)c(-c3c(C)ccc4ccccc34)c2C)c(C)c1. The molecule has 0 aliphatic rings. The van der Waals surface area contributed by atoms with Gasteiger partial charge < -0.3 is 18.8 Å². The summed E-state index contributed by atoms with van der Waals surface area (Å²) < 4.78 is 13.1. The van der Waals surface area contributed by atoms with E-state index in [-0.39, 0.29) is 0 Å². The van der Waals surface area contributed by atoms with Crippen LogP contribution >= 0.6 is 0 Å². The molecule has 0 spiro atoms. The lowest BCUT2D eigenvalue weighted by Crippen LogP contribution is -2.50. The van der Waals surface area contributed by atoms with Gasteiger partial charge in [0, 0.05) is 0 Å². The van der Waals surface area contributed by atoms with Crippen molar-refractivity contribution in [1.29, 1.82) is 0 Å². The number of quaternary nitrogens is 1. The van der Waals surface area contributed by atoms with Gasteiger partial charge in [0.2, 0.25) is 0 Å². The van der Waals surface area contributed by atoms with Crippen LogP contribution in [-0.4, -0.2) is 38.0 Å². The average molecular weight is 1130 g/mol. The highest BCUT2D eigenvalue weighted by molar-refractivity contribution is 6.35. The Bertz CT molecular complexity index is 2090. The molecule has 0 radical (unpaired) electrons. The van der Waals surface area contributed by atoms with Gasteiger partial charge in [-0.2, -0.15) is 0 Å². The molecule has 0 fully saturated rings. The molecule has 0 heterocycles. The molecular formula is C77H130BNO3. The van der Waals surface area contributed by atoms with Crippen molar-refractivity contribution in [3.8, 4) is 22.6 Å². The molecule has 0 bridgehead atoms. The van der Waals surface area contributed by atoms with E-state index in [1.807, 2.05) is 46.8 Å². The summed E-state index contributed by atoms with van der Waals surface area (Å²) in [5.74, 6) is 1.18. The summed E-state index contributed by atoms with van der Waals surface area (Å²) in [5.41, 5.74) is 9.52. The van der Waals surface area contributed by atoms with E-state index in [1.54, 1.807) is 0 Å². The van der Waals surface area contributed by atoms with Crippen molar-refractivity contribution >= 4 is 18.1 Å². The van der Waals surface area contributed by atoms with E-state index in [4.69, 9.17) is 9.31 Å². The topological polar surface area (TPSA) is 41.5 Å². The number of unbranched alkanes of at least 4 members (excludes halogenated alkanes) is 36. The maximum atomic E-state index is 12.9. The van der Waals surface area contributed by atoms with Gasteiger partial charge in [-0.3, -0.25) is 0 Å². The van der Waals surface area contributed by atoms with Crippen molar-refractivity contribution in [2.24, 2.45) is 0 Å². The predicted octanol–water partition coefficient (Wildman–Crippen LogP) is 24.0. The number of hydrogen-bond donors (Lipinski definition) is 0. The number of aryl methyl sites for hydroxylation is 6. The molecule has 0 saturated heterocycles. The van der Waals surface area contributed by atoms with Gasteiger partial charge in [0.25, 0.3) is 0 Å². The zero-order valence-corrected chi connectivity index (χ0v) is 56.1. The summed E-state index contributed by atoms with van der Waals surface area (Å²) in [6, 6.07) is 18.8. The molecule has 4 aromatic rings. The fourth-order valence-corrected chi connectivity index (χ4v) is 13.4. The number of benzene rings is 4. The third kappa shape index (κ3) is 30.2. The predicted molar refractivity (Wildman–Crippen MR) is 363 cm³/mol. The Labute approximate surface area is 509 Å². The number of nitrogens with zero attached hydrogens (tertiary/aromatic N) is 1. The van der Waals surface area contributed by atoms with Gasteiger partial charge in [0.05, 0.1) is 26.2 Å². The summed E-state index contributed by atoms with van der Waals surface area (Å²) in [7, 11) is -1.66. The highest BCUT2D eigenvalue weighted by Crippen LogP contribution is 2.41. The second-order valence-corrected chi connectivity index (χ2v) is 26.0. The summed E-state index contributed by atoms with van der Waals surface area (Å²) in [6.07, 6.45) is 58.7. The molecule has 82 heavy (non-hydrogen) atoms. The van der Waals surface area contributed by atoms with Crippen LogP contribution in [0.2, 0.25) is 0 Å². The van der Waals surface area contributed by atoms with E-state index < -0.39 is 7.32 Å². The van der Waals surface area contributed by atoms with Crippen LogP contribution in [0, 0.1) is 48.5 Å². The van der Waals surface area contributed by atoms with Gasteiger partial charge >= 0.3 is 7.32 Å². The fraction of sp³-hybridized carbons (Fsp3) is 0.714. The van der Waals surface area contributed by atoms with Crippen molar-refractivity contribution < 1.29 is 18.8 Å². The molecule has 0 aliphatic carbocycles. The van der Waals surface area contributed by atoms with Gasteiger partial charge in [-0.1, -0.05) is 293 Å². The van der Waals surface area contributed by atoms with Crippen LogP contribution < -0.4 is 14.3 Å². The van der Waals surface area contributed by atoms with Gasteiger partial charge in [-0.05, 0) is 155 Å². The van der Waals surface area contributed by atoms with Crippen LogP contribution in [0.25, 0.3) is 21.9 Å². The third-order valence-corrected chi connectivity index (χ3v) is 18.3. The Hall–Kier alpha value is -3.28. The van der Waals surface area contributed by atoms with Gasteiger partial charge in [0.15, 0.2) is 0 Å². The van der Waals surface area contributed by atoms with Gasteiger partial charge in [-0.15, -0.1) is 0 Å². The monoisotopic (exact) mass is 1130 g/mol. The third-order valence-electron chi connectivity index (χ3n) is 18.3. The van der Waals surface area contributed by atoms with E-state index in [1.165, 1.54) is 309 Å². The Morgan fingerprint density at radius 1 is 0.329 bits per heavy atom. The minimum Gasteiger partial charge on any atom is -0.808 e. The quantitative estimate of drug-likeness (QED) is 0.0251. The number of rotatable bonds is 49. The van der Waals surface area contributed by atoms with Crippen molar-refractivity contribution in [1.82, 2.24) is 0 Å². The second-order valence-electron chi connectivity index (χ2n) is 26.0. The lowest BCUT2D eigenvalue weighted by atomic mass is 9.87. The standard InChI is InChI=1S/C48H100N.C29H30BO3/c1-5-9-13-17-21-25-29-33-37-41-45-49(46-42-38-34-30-26-22-18-14-10-6-2,47-43-39-35-31-27-23-19-15-11-7-3)48-44-40-36-32-28-24-20-16-12-8-4;1-17-14-20(4)28(21(5)15-17)32-30(31)33-29-22(6)16-19(3)26(23(29)7)27-18(2)12-13-24-10-8-9-11-25(24)27/h5-48H2,1-4H3;8-16H,1-7H3/q+1;-1. The molecule has 0 amide bonds. The molecule has 0 saturated carbocycles. The van der Waals surface area contributed by atoms with E-state index in [0.717, 1.165) is 38.9 Å². The van der Waals surface area contributed by atoms with Crippen molar-refractivity contribution in [3.05, 3.63) is 93.5 Å². The van der Waals surface area contributed by atoms with Crippen molar-refractivity contribution in [3.63, 3.8) is 0 Å². The van der Waals surface area contributed by atoms with Crippen LogP contribution in [0.15, 0.2) is 54.6 Å². The Morgan fingerprint density at radius 3 is 1.01 bits per heavy atom. The molecule has 4 aromatic carbocycles. The summed E-state index contributed by atoms with van der Waals surface area (Å²) in [4.78, 5) is 0. The first kappa shape index (κ1) is 73.0. The second kappa shape index (κ2) is 46.0. The Balaban J connectivity index is 0.000000460. The lowest BCUT2D eigenvalue weighted by molar-refractivity contribution is -0.929. The molecule has 0 unspecified atom stereocenters. The summed E-state index contributed by atoms with van der Waals surface area (Å²) in [6.45, 7) is 29.5. The zero-order chi connectivity index (χ0) is 59.5. The lowest BCUT2D eigenvalue weighted by Gasteiger charge is -2.40. The van der Waals surface area contributed by atoms with E-state index in [9.17, 15) is 5.02 Å². The maximum Gasteiger partial charge on any atom is 0.492 e. The summed E-state index contributed by atoms with van der Waals surface area (Å²) in [5, 5.41) is 15.3. The smallest absolute Gasteiger partial charge is 0.492 e. The van der Waals surface area contributed by atoms with Crippen LogP contribution in [0.5, 0.6) is 11.5 Å². The highest BCUT2D eigenvalue weighted by Gasteiger charge is 2.26. The van der Waals surface area contributed by atoms with Crippen LogP contribution in [0.1, 0.15) is 323 Å². The zero-order valence-electron chi connectivity index (χ0n) is 56.1. The minimum atomic E-state index is -1.66. The molecule has 4 nitrogen and oxygen atoms in total. The number of hydrogen-bond acceptors (Lipinski definition) is 3. The van der Waals surface area contributed by atoms with Crippen LogP contribution in [-0.2, 0) is 0 Å². The van der Waals surface area contributed by atoms with E-state index in [0.29, 0.717) is 11.5 Å².